The van der Waals surface area contributed by atoms with Gasteiger partial charge in [-0.05, 0) is 66.1 Å². The number of hydrogen-bond acceptors (Lipinski definition) is 4. The van der Waals surface area contributed by atoms with Gasteiger partial charge in [-0.25, -0.2) is 0 Å². The fraction of sp³-hybridized carbons (Fsp3) is 1.00. The predicted molar refractivity (Wildman–Crippen MR) is 105 cm³/mol. The minimum Gasteiger partial charge on any atom is -0.302 e. The summed E-state index contributed by atoms with van der Waals surface area (Å²) in [6, 6.07) is 1.43. The second-order valence-corrected chi connectivity index (χ2v) is 8.45. The Labute approximate surface area is 151 Å². The third kappa shape index (κ3) is 6.29. The highest BCUT2D eigenvalue weighted by Gasteiger charge is 2.24. The zero-order chi connectivity index (χ0) is 17.5. The van der Waals surface area contributed by atoms with Gasteiger partial charge in [0.2, 0.25) is 0 Å². The lowest BCUT2D eigenvalue weighted by molar-refractivity contribution is 0.0787. The number of piperazine rings is 1. The molecular weight excluding hydrogens is 296 g/mol. The third-order valence-electron chi connectivity index (χ3n) is 6.47. The first-order chi connectivity index (χ1) is 11.5. The molecule has 4 nitrogen and oxygen atoms in total. The van der Waals surface area contributed by atoms with Crippen molar-refractivity contribution in [3.8, 4) is 0 Å². The van der Waals surface area contributed by atoms with Crippen LogP contribution in [0.5, 0.6) is 0 Å². The molecule has 0 bridgehead atoms. The molecule has 0 aromatic heterocycles. The summed E-state index contributed by atoms with van der Waals surface area (Å²) in [5.41, 5.74) is 0. The van der Waals surface area contributed by atoms with Gasteiger partial charge in [-0.15, -0.1) is 0 Å². The van der Waals surface area contributed by atoms with Crippen molar-refractivity contribution in [1.82, 2.24) is 19.6 Å². The molecule has 0 amide bonds. The van der Waals surface area contributed by atoms with Gasteiger partial charge in [-0.1, -0.05) is 6.92 Å². The molecule has 0 radical (unpaired) electrons. The van der Waals surface area contributed by atoms with Crippen molar-refractivity contribution in [2.75, 3.05) is 66.0 Å². The first-order valence-corrected chi connectivity index (χ1v) is 10.4. The summed E-state index contributed by atoms with van der Waals surface area (Å²) in [4.78, 5) is 10.5. The molecule has 1 unspecified atom stereocenters. The Hall–Kier alpha value is -0.160. The molecule has 4 heteroatoms. The van der Waals surface area contributed by atoms with Gasteiger partial charge in [-0.3, -0.25) is 4.90 Å². The van der Waals surface area contributed by atoms with Crippen LogP contribution in [0, 0.1) is 5.92 Å². The van der Waals surface area contributed by atoms with E-state index in [1.165, 1.54) is 78.2 Å². The summed E-state index contributed by atoms with van der Waals surface area (Å²) in [6.45, 7) is 20.8. The highest BCUT2D eigenvalue weighted by Crippen LogP contribution is 2.19. The van der Waals surface area contributed by atoms with Crippen LogP contribution in [0.15, 0.2) is 0 Å². The number of likely N-dealkylation sites (tertiary alicyclic amines) is 1. The largest absolute Gasteiger partial charge is 0.302 e. The smallest absolute Gasteiger partial charge is 0.0113 e. The second-order valence-electron chi connectivity index (χ2n) is 8.45. The quantitative estimate of drug-likeness (QED) is 0.674. The molecule has 0 spiro atoms. The highest BCUT2D eigenvalue weighted by molar-refractivity contribution is 4.80. The van der Waals surface area contributed by atoms with Crippen molar-refractivity contribution in [2.45, 2.75) is 59.0 Å². The fourth-order valence-corrected chi connectivity index (χ4v) is 4.05. The van der Waals surface area contributed by atoms with E-state index in [4.69, 9.17) is 0 Å². The van der Waals surface area contributed by atoms with E-state index in [0.717, 1.165) is 5.92 Å². The Bertz CT molecular complexity index is 331. The Morgan fingerprint density at radius 1 is 0.917 bits per heavy atom. The lowest BCUT2D eigenvalue weighted by Gasteiger charge is -2.40. The molecule has 2 aliphatic heterocycles. The zero-order valence-corrected chi connectivity index (χ0v) is 17.0. The molecule has 0 saturated carbocycles. The van der Waals surface area contributed by atoms with Gasteiger partial charge in [0.1, 0.15) is 0 Å². The molecule has 142 valence electrons. The van der Waals surface area contributed by atoms with Crippen LogP contribution in [0.3, 0.4) is 0 Å². The summed E-state index contributed by atoms with van der Waals surface area (Å²) >= 11 is 0. The van der Waals surface area contributed by atoms with E-state index in [9.17, 15) is 0 Å². The van der Waals surface area contributed by atoms with Crippen LogP contribution in [0.1, 0.15) is 47.0 Å². The average Bonchev–Trinajstić information content (AvgIpc) is 2.60. The number of likely N-dealkylation sites (N-methyl/N-ethyl adjacent to an activating group) is 1. The fourth-order valence-electron chi connectivity index (χ4n) is 4.05. The maximum Gasteiger partial charge on any atom is 0.0113 e. The SMILES string of the molecule is CCC(C)N(C)CCN1CCC(CN2CCN(C(C)C)CC2)CC1. The van der Waals surface area contributed by atoms with Gasteiger partial charge in [0, 0.05) is 57.9 Å². The van der Waals surface area contributed by atoms with E-state index >= 15 is 0 Å². The van der Waals surface area contributed by atoms with Crippen LogP contribution in [0.2, 0.25) is 0 Å². The van der Waals surface area contributed by atoms with Gasteiger partial charge in [0.15, 0.2) is 0 Å². The monoisotopic (exact) mass is 338 g/mol. The number of nitrogens with zero attached hydrogens (tertiary/aromatic N) is 4. The van der Waals surface area contributed by atoms with Gasteiger partial charge in [0.05, 0.1) is 0 Å². The Morgan fingerprint density at radius 3 is 2.08 bits per heavy atom. The average molecular weight is 339 g/mol. The zero-order valence-electron chi connectivity index (χ0n) is 17.0. The van der Waals surface area contributed by atoms with Crippen LogP contribution < -0.4 is 0 Å². The molecule has 1 atom stereocenters. The number of piperidine rings is 1. The highest BCUT2D eigenvalue weighted by atomic mass is 15.3. The van der Waals surface area contributed by atoms with E-state index in [0.29, 0.717) is 12.1 Å². The summed E-state index contributed by atoms with van der Waals surface area (Å²) in [6.07, 6.45) is 4.05. The Kier molecular flexibility index (Phi) is 8.48. The van der Waals surface area contributed by atoms with Gasteiger partial charge >= 0.3 is 0 Å². The molecule has 2 aliphatic rings. The first kappa shape index (κ1) is 20.2. The van der Waals surface area contributed by atoms with Crippen LogP contribution in [0.4, 0.5) is 0 Å². The van der Waals surface area contributed by atoms with E-state index in [-0.39, 0.29) is 0 Å². The molecule has 2 heterocycles. The Morgan fingerprint density at radius 2 is 1.54 bits per heavy atom. The predicted octanol–water partition coefficient (Wildman–Crippen LogP) is 2.45. The Balaban J connectivity index is 1.60. The number of hydrogen-bond donors (Lipinski definition) is 0. The van der Waals surface area contributed by atoms with Gasteiger partial charge in [-0.2, -0.15) is 0 Å². The minimum absolute atomic E-state index is 0.712. The van der Waals surface area contributed by atoms with Crippen molar-refractivity contribution in [3.05, 3.63) is 0 Å². The summed E-state index contributed by atoms with van der Waals surface area (Å²) in [7, 11) is 2.28. The van der Waals surface area contributed by atoms with E-state index in [1.54, 1.807) is 0 Å². The van der Waals surface area contributed by atoms with Crippen molar-refractivity contribution >= 4 is 0 Å². The molecule has 0 N–H and O–H groups in total. The van der Waals surface area contributed by atoms with Crippen molar-refractivity contribution < 1.29 is 0 Å². The summed E-state index contributed by atoms with van der Waals surface area (Å²) < 4.78 is 0. The summed E-state index contributed by atoms with van der Waals surface area (Å²) in [5, 5.41) is 0. The van der Waals surface area contributed by atoms with E-state index in [1.807, 2.05) is 0 Å². The van der Waals surface area contributed by atoms with Gasteiger partial charge in [0.25, 0.3) is 0 Å². The lowest BCUT2D eigenvalue weighted by Crippen LogP contribution is -2.50. The normalized spacial score (nSPS) is 24.1. The van der Waals surface area contributed by atoms with Crippen LogP contribution in [-0.4, -0.2) is 97.6 Å². The van der Waals surface area contributed by atoms with E-state index in [2.05, 4.69) is 54.3 Å². The lowest BCUT2D eigenvalue weighted by atomic mass is 9.96. The van der Waals surface area contributed by atoms with Crippen molar-refractivity contribution in [3.63, 3.8) is 0 Å². The first-order valence-electron chi connectivity index (χ1n) is 10.4. The molecular formula is C20H42N4. The van der Waals surface area contributed by atoms with Crippen LogP contribution >= 0.6 is 0 Å². The summed E-state index contributed by atoms with van der Waals surface area (Å²) in [5.74, 6) is 0.930. The molecule has 0 aliphatic carbocycles. The van der Waals surface area contributed by atoms with Gasteiger partial charge < -0.3 is 14.7 Å². The van der Waals surface area contributed by atoms with Crippen LogP contribution in [-0.2, 0) is 0 Å². The maximum absolute atomic E-state index is 2.72. The molecule has 0 aromatic rings. The van der Waals surface area contributed by atoms with Crippen LogP contribution in [0.25, 0.3) is 0 Å². The molecule has 2 saturated heterocycles. The standard InChI is InChI=1S/C20H42N4/c1-6-19(4)21(5)11-12-22-9-7-20(8-10-22)17-23-13-15-24(16-14-23)18(2)3/h18-20H,6-17H2,1-5H3. The minimum atomic E-state index is 0.712. The second kappa shape index (κ2) is 10.1. The van der Waals surface area contributed by atoms with Crippen molar-refractivity contribution in [2.24, 2.45) is 5.92 Å². The van der Waals surface area contributed by atoms with E-state index < -0.39 is 0 Å². The molecule has 0 aromatic carbocycles. The topological polar surface area (TPSA) is 13.0 Å². The van der Waals surface area contributed by atoms with Crippen molar-refractivity contribution in [1.29, 1.82) is 0 Å². The maximum atomic E-state index is 2.72. The third-order valence-corrected chi connectivity index (χ3v) is 6.47. The molecule has 2 fully saturated rings. The molecule has 2 rings (SSSR count). The number of rotatable bonds is 8. The molecule has 24 heavy (non-hydrogen) atoms.